The Morgan fingerprint density at radius 3 is 2.58 bits per heavy atom. The van der Waals surface area contributed by atoms with Crippen LogP contribution in [0.3, 0.4) is 0 Å². The summed E-state index contributed by atoms with van der Waals surface area (Å²) < 4.78 is 1.96. The van der Waals surface area contributed by atoms with E-state index < -0.39 is 6.04 Å². The van der Waals surface area contributed by atoms with Crippen LogP contribution in [0.25, 0.3) is 0 Å². The highest BCUT2D eigenvalue weighted by atomic mass is 16.2. The molecule has 0 aliphatic carbocycles. The molecule has 2 amide bonds. The van der Waals surface area contributed by atoms with E-state index in [0.29, 0.717) is 13.0 Å². The monoisotopic (exact) mass is 356 g/mol. The molecule has 0 saturated heterocycles. The number of hydrogen-bond acceptors (Lipinski definition) is 3. The van der Waals surface area contributed by atoms with E-state index in [4.69, 9.17) is 0 Å². The molecule has 2 rings (SSSR count). The average Bonchev–Trinajstić information content (AvgIpc) is 3.04. The van der Waals surface area contributed by atoms with Gasteiger partial charge in [0.05, 0.1) is 6.33 Å². The van der Waals surface area contributed by atoms with Crippen LogP contribution >= 0.6 is 0 Å². The van der Waals surface area contributed by atoms with E-state index in [1.807, 2.05) is 62.7 Å². The molecule has 1 atom stereocenters. The third-order valence-electron chi connectivity index (χ3n) is 3.98. The summed E-state index contributed by atoms with van der Waals surface area (Å²) in [4.78, 5) is 28.8. The Hall–Kier alpha value is -2.63. The van der Waals surface area contributed by atoms with E-state index in [1.165, 1.54) is 0 Å². The van der Waals surface area contributed by atoms with Crippen molar-refractivity contribution in [2.24, 2.45) is 11.8 Å². The molecule has 0 spiro atoms. The molecule has 0 bridgehead atoms. The summed E-state index contributed by atoms with van der Waals surface area (Å²) in [5.74, 6) is -0.0365. The minimum absolute atomic E-state index is 0.000226. The number of rotatable bonds is 8. The second-order valence-corrected chi connectivity index (χ2v) is 7.31. The van der Waals surface area contributed by atoms with Crippen LogP contribution in [-0.2, 0) is 16.1 Å². The zero-order chi connectivity index (χ0) is 19.1. The van der Waals surface area contributed by atoms with E-state index in [0.717, 1.165) is 11.3 Å². The molecule has 1 aromatic heterocycles. The quantitative estimate of drug-likeness (QED) is 0.763. The molecule has 6 heteroatoms. The van der Waals surface area contributed by atoms with Gasteiger partial charge >= 0.3 is 0 Å². The molecule has 1 unspecified atom stereocenters. The van der Waals surface area contributed by atoms with Gasteiger partial charge in [0.1, 0.15) is 6.04 Å². The molecular weight excluding hydrogens is 328 g/mol. The van der Waals surface area contributed by atoms with Crippen molar-refractivity contribution in [2.75, 3.05) is 5.32 Å². The number of carbonyl (C=O) groups excluding carboxylic acids is 2. The summed E-state index contributed by atoms with van der Waals surface area (Å²) in [5, 5.41) is 5.78. The maximum atomic E-state index is 12.7. The van der Waals surface area contributed by atoms with E-state index in [-0.39, 0.29) is 23.7 Å². The molecule has 0 saturated carbocycles. The number of anilines is 1. The van der Waals surface area contributed by atoms with E-state index in [2.05, 4.69) is 15.6 Å². The Labute approximate surface area is 155 Å². The molecular formula is C20H28N4O2. The Balaban J connectivity index is 2.02. The van der Waals surface area contributed by atoms with Crippen molar-refractivity contribution in [1.82, 2.24) is 14.9 Å². The highest BCUT2D eigenvalue weighted by molar-refractivity contribution is 5.97. The van der Waals surface area contributed by atoms with Crippen molar-refractivity contribution in [3.63, 3.8) is 0 Å². The lowest BCUT2D eigenvalue weighted by atomic mass is 10.0. The van der Waals surface area contributed by atoms with E-state index in [9.17, 15) is 9.59 Å². The van der Waals surface area contributed by atoms with Crippen molar-refractivity contribution in [1.29, 1.82) is 0 Å². The van der Waals surface area contributed by atoms with Gasteiger partial charge in [0.25, 0.3) is 0 Å². The van der Waals surface area contributed by atoms with Gasteiger partial charge in [-0.25, -0.2) is 4.98 Å². The summed E-state index contributed by atoms with van der Waals surface area (Å²) in [7, 11) is 0. The maximum Gasteiger partial charge on any atom is 0.247 e. The molecule has 0 radical (unpaired) electrons. The Morgan fingerprint density at radius 2 is 1.96 bits per heavy atom. The minimum atomic E-state index is -0.557. The first-order valence-electron chi connectivity index (χ1n) is 9.00. The first kappa shape index (κ1) is 19.7. The van der Waals surface area contributed by atoms with Crippen LogP contribution in [0, 0.1) is 11.8 Å². The molecule has 0 fully saturated rings. The average molecular weight is 356 g/mol. The molecule has 26 heavy (non-hydrogen) atoms. The van der Waals surface area contributed by atoms with Gasteiger partial charge in [-0.2, -0.15) is 0 Å². The zero-order valence-electron chi connectivity index (χ0n) is 15.9. The molecule has 2 aromatic rings. The molecule has 0 aliphatic rings. The smallest absolute Gasteiger partial charge is 0.247 e. The fourth-order valence-corrected chi connectivity index (χ4v) is 2.70. The lowest BCUT2D eigenvalue weighted by Crippen LogP contribution is -2.47. The van der Waals surface area contributed by atoms with Gasteiger partial charge in [0.2, 0.25) is 11.8 Å². The summed E-state index contributed by atoms with van der Waals surface area (Å²) in [6.45, 7) is 8.50. The lowest BCUT2D eigenvalue weighted by molar-refractivity contribution is -0.127. The number of benzene rings is 1. The molecule has 6 nitrogen and oxygen atoms in total. The Bertz CT molecular complexity index is 723. The topological polar surface area (TPSA) is 76.0 Å². The fourth-order valence-electron chi connectivity index (χ4n) is 2.70. The van der Waals surface area contributed by atoms with Crippen molar-refractivity contribution in [2.45, 2.75) is 46.7 Å². The SMILES string of the molecule is CC(C)CC(=O)NC(C(=O)Nc1cccc(Cn2ccnc2)c1)C(C)C. The van der Waals surface area contributed by atoms with Gasteiger partial charge in [0.15, 0.2) is 0 Å². The third-order valence-corrected chi connectivity index (χ3v) is 3.98. The number of amides is 2. The summed E-state index contributed by atoms with van der Waals surface area (Å²) >= 11 is 0. The number of nitrogens with zero attached hydrogens (tertiary/aromatic N) is 2. The summed E-state index contributed by atoms with van der Waals surface area (Å²) in [6, 6.07) is 7.14. The summed E-state index contributed by atoms with van der Waals surface area (Å²) in [5.41, 5.74) is 1.78. The van der Waals surface area contributed by atoms with Gasteiger partial charge in [-0.3, -0.25) is 9.59 Å². The van der Waals surface area contributed by atoms with Crippen molar-refractivity contribution in [3.05, 3.63) is 48.5 Å². The number of nitrogens with one attached hydrogen (secondary N) is 2. The maximum absolute atomic E-state index is 12.7. The molecule has 2 N–H and O–H groups in total. The van der Waals surface area contributed by atoms with Crippen LogP contribution in [-0.4, -0.2) is 27.4 Å². The highest BCUT2D eigenvalue weighted by Gasteiger charge is 2.24. The van der Waals surface area contributed by atoms with Crippen LogP contribution in [0.4, 0.5) is 5.69 Å². The number of aromatic nitrogens is 2. The third kappa shape index (κ3) is 6.02. The summed E-state index contributed by atoms with van der Waals surface area (Å²) in [6.07, 6.45) is 5.80. The molecule has 1 heterocycles. The van der Waals surface area contributed by atoms with Gasteiger partial charge < -0.3 is 15.2 Å². The normalized spacial score (nSPS) is 12.2. The van der Waals surface area contributed by atoms with Gasteiger partial charge in [-0.15, -0.1) is 0 Å². The molecule has 140 valence electrons. The van der Waals surface area contributed by atoms with Gasteiger partial charge in [-0.1, -0.05) is 39.8 Å². The highest BCUT2D eigenvalue weighted by Crippen LogP contribution is 2.14. The predicted octanol–water partition coefficient (Wildman–Crippen LogP) is 3.06. The number of imidazole rings is 1. The van der Waals surface area contributed by atoms with Crippen molar-refractivity contribution < 1.29 is 9.59 Å². The number of carbonyl (C=O) groups is 2. The van der Waals surface area contributed by atoms with E-state index >= 15 is 0 Å². The van der Waals surface area contributed by atoms with Crippen LogP contribution < -0.4 is 10.6 Å². The second kappa shape index (κ2) is 9.17. The predicted molar refractivity (Wildman–Crippen MR) is 103 cm³/mol. The van der Waals surface area contributed by atoms with Gasteiger partial charge in [-0.05, 0) is 29.5 Å². The lowest BCUT2D eigenvalue weighted by Gasteiger charge is -2.22. The fraction of sp³-hybridized carbons (Fsp3) is 0.450. The van der Waals surface area contributed by atoms with Crippen LogP contribution in [0.15, 0.2) is 43.0 Å². The van der Waals surface area contributed by atoms with Crippen LogP contribution in [0.2, 0.25) is 0 Å². The first-order valence-corrected chi connectivity index (χ1v) is 9.00. The van der Waals surface area contributed by atoms with E-state index in [1.54, 1.807) is 12.5 Å². The molecule has 1 aromatic carbocycles. The molecule has 0 aliphatic heterocycles. The van der Waals surface area contributed by atoms with Gasteiger partial charge in [0, 0.05) is 31.0 Å². The van der Waals surface area contributed by atoms with Crippen molar-refractivity contribution >= 4 is 17.5 Å². The minimum Gasteiger partial charge on any atom is -0.344 e. The second-order valence-electron chi connectivity index (χ2n) is 7.31. The van der Waals surface area contributed by atoms with Crippen LogP contribution in [0.1, 0.15) is 39.7 Å². The van der Waals surface area contributed by atoms with Crippen molar-refractivity contribution in [3.8, 4) is 0 Å². The number of hydrogen-bond donors (Lipinski definition) is 2. The Morgan fingerprint density at radius 1 is 1.19 bits per heavy atom. The first-order chi connectivity index (χ1) is 12.3. The Kier molecular flexibility index (Phi) is 6.95. The standard InChI is InChI=1S/C20H28N4O2/c1-14(2)10-18(25)23-19(15(3)4)20(26)22-17-7-5-6-16(11-17)12-24-9-8-21-13-24/h5-9,11,13-15,19H,10,12H2,1-4H3,(H,22,26)(H,23,25). The van der Waals surface area contributed by atoms with Crippen LogP contribution in [0.5, 0.6) is 0 Å². The largest absolute Gasteiger partial charge is 0.344 e. The zero-order valence-corrected chi connectivity index (χ0v) is 15.9.